The highest BCUT2D eigenvalue weighted by molar-refractivity contribution is 14.1. The zero-order valence-corrected chi connectivity index (χ0v) is 12.2. The van der Waals surface area contributed by atoms with E-state index in [1.807, 2.05) is 43.3 Å². The summed E-state index contributed by atoms with van der Waals surface area (Å²) in [6.45, 7) is 1.99. The van der Waals surface area contributed by atoms with Crippen molar-refractivity contribution in [2.24, 2.45) is 0 Å². The van der Waals surface area contributed by atoms with Crippen LogP contribution < -0.4 is 11.1 Å². The standard InChI is InChI=1S/C13H12ClIN2/c1-8-10(14)3-2-4-12(8)17-13-6-5-9(16)7-11(13)15/h2-7,17H,16H2,1H3. The van der Waals surface area contributed by atoms with Crippen molar-refractivity contribution in [3.8, 4) is 0 Å². The molecule has 0 saturated heterocycles. The van der Waals surface area contributed by atoms with E-state index in [0.717, 1.165) is 31.2 Å². The molecule has 0 spiro atoms. The molecule has 2 aromatic rings. The second kappa shape index (κ2) is 5.14. The van der Waals surface area contributed by atoms with Gasteiger partial charge in [-0.1, -0.05) is 17.7 Å². The smallest absolute Gasteiger partial charge is 0.0521 e. The third kappa shape index (κ3) is 2.84. The van der Waals surface area contributed by atoms with Crippen LogP contribution >= 0.6 is 34.2 Å². The summed E-state index contributed by atoms with van der Waals surface area (Å²) in [5, 5.41) is 4.13. The lowest BCUT2D eigenvalue weighted by Gasteiger charge is -2.12. The number of benzene rings is 2. The Morgan fingerprint density at radius 2 is 1.94 bits per heavy atom. The predicted molar refractivity (Wildman–Crippen MR) is 83.0 cm³/mol. The topological polar surface area (TPSA) is 38.0 Å². The fourth-order valence-electron chi connectivity index (χ4n) is 1.52. The minimum Gasteiger partial charge on any atom is -0.399 e. The van der Waals surface area contributed by atoms with E-state index in [2.05, 4.69) is 27.9 Å². The highest BCUT2D eigenvalue weighted by Crippen LogP contribution is 2.29. The van der Waals surface area contributed by atoms with E-state index in [4.69, 9.17) is 17.3 Å². The SMILES string of the molecule is Cc1c(Cl)cccc1Nc1ccc(N)cc1I. The van der Waals surface area contributed by atoms with Crippen molar-refractivity contribution in [3.05, 3.63) is 50.6 Å². The van der Waals surface area contributed by atoms with Gasteiger partial charge in [0.05, 0.1) is 5.69 Å². The van der Waals surface area contributed by atoms with E-state index < -0.39 is 0 Å². The quantitative estimate of drug-likeness (QED) is 0.609. The molecule has 0 heterocycles. The van der Waals surface area contributed by atoms with Gasteiger partial charge in [-0.2, -0.15) is 0 Å². The van der Waals surface area contributed by atoms with Gasteiger partial charge in [-0.05, 0) is 65.4 Å². The third-order valence-corrected chi connectivity index (χ3v) is 3.83. The largest absolute Gasteiger partial charge is 0.399 e. The first-order chi connectivity index (χ1) is 8.08. The molecule has 0 aliphatic carbocycles. The maximum absolute atomic E-state index is 6.08. The van der Waals surface area contributed by atoms with E-state index in [0.29, 0.717) is 0 Å². The second-order valence-electron chi connectivity index (χ2n) is 3.78. The van der Waals surface area contributed by atoms with Crippen LogP contribution in [-0.4, -0.2) is 0 Å². The van der Waals surface area contributed by atoms with Crippen LogP contribution in [-0.2, 0) is 0 Å². The Labute approximate surface area is 119 Å². The molecular weight excluding hydrogens is 347 g/mol. The first kappa shape index (κ1) is 12.5. The van der Waals surface area contributed by atoms with Gasteiger partial charge in [0, 0.05) is 20.0 Å². The summed E-state index contributed by atoms with van der Waals surface area (Å²) in [5.74, 6) is 0. The Hall–Kier alpha value is -0.940. The molecule has 0 amide bonds. The van der Waals surface area contributed by atoms with Gasteiger partial charge in [-0.15, -0.1) is 0 Å². The van der Waals surface area contributed by atoms with Crippen molar-refractivity contribution in [2.75, 3.05) is 11.1 Å². The van der Waals surface area contributed by atoms with Gasteiger partial charge in [-0.25, -0.2) is 0 Å². The molecule has 4 heteroatoms. The Balaban J connectivity index is 2.35. The molecule has 0 aliphatic rings. The van der Waals surface area contributed by atoms with Crippen molar-refractivity contribution in [1.29, 1.82) is 0 Å². The zero-order chi connectivity index (χ0) is 12.4. The Kier molecular flexibility index (Phi) is 3.79. The van der Waals surface area contributed by atoms with E-state index in [1.54, 1.807) is 0 Å². The van der Waals surface area contributed by atoms with Crippen LogP contribution in [0.4, 0.5) is 17.1 Å². The molecular formula is C13H12ClIN2. The molecule has 0 fully saturated rings. The van der Waals surface area contributed by atoms with E-state index >= 15 is 0 Å². The van der Waals surface area contributed by atoms with Crippen LogP contribution in [0, 0.1) is 10.5 Å². The second-order valence-corrected chi connectivity index (χ2v) is 5.35. The lowest BCUT2D eigenvalue weighted by atomic mass is 10.2. The first-order valence-electron chi connectivity index (χ1n) is 5.15. The molecule has 0 aromatic heterocycles. The van der Waals surface area contributed by atoms with Gasteiger partial charge in [0.15, 0.2) is 0 Å². The Morgan fingerprint density at radius 1 is 1.18 bits per heavy atom. The molecule has 0 aliphatic heterocycles. The summed E-state index contributed by atoms with van der Waals surface area (Å²) < 4.78 is 1.09. The maximum Gasteiger partial charge on any atom is 0.0521 e. The van der Waals surface area contributed by atoms with Gasteiger partial charge in [0.1, 0.15) is 0 Å². The van der Waals surface area contributed by atoms with Gasteiger partial charge < -0.3 is 11.1 Å². The molecule has 88 valence electrons. The lowest BCUT2D eigenvalue weighted by Crippen LogP contribution is -1.96. The van der Waals surface area contributed by atoms with Crippen LogP contribution in [0.25, 0.3) is 0 Å². The summed E-state index contributed by atoms with van der Waals surface area (Å²) in [7, 11) is 0. The van der Waals surface area contributed by atoms with Gasteiger partial charge in [-0.3, -0.25) is 0 Å². The van der Waals surface area contributed by atoms with Crippen LogP contribution in [0.15, 0.2) is 36.4 Å². The summed E-state index contributed by atoms with van der Waals surface area (Å²) in [6, 6.07) is 11.6. The van der Waals surface area contributed by atoms with Crippen LogP contribution in [0.3, 0.4) is 0 Å². The molecule has 17 heavy (non-hydrogen) atoms. The van der Waals surface area contributed by atoms with Crippen LogP contribution in [0.5, 0.6) is 0 Å². The van der Waals surface area contributed by atoms with Crippen molar-refractivity contribution in [3.63, 3.8) is 0 Å². The van der Waals surface area contributed by atoms with Crippen molar-refractivity contribution in [1.82, 2.24) is 0 Å². The van der Waals surface area contributed by atoms with Gasteiger partial charge in [0.2, 0.25) is 0 Å². The predicted octanol–water partition coefficient (Wildman–Crippen LogP) is 4.58. The number of hydrogen-bond donors (Lipinski definition) is 2. The zero-order valence-electron chi connectivity index (χ0n) is 9.30. The number of nitrogens with one attached hydrogen (secondary N) is 1. The van der Waals surface area contributed by atoms with Gasteiger partial charge >= 0.3 is 0 Å². The van der Waals surface area contributed by atoms with Crippen LogP contribution in [0.2, 0.25) is 5.02 Å². The van der Waals surface area contributed by atoms with Crippen molar-refractivity contribution in [2.45, 2.75) is 6.92 Å². The molecule has 0 bridgehead atoms. The molecule has 0 saturated carbocycles. The van der Waals surface area contributed by atoms with Gasteiger partial charge in [0.25, 0.3) is 0 Å². The fourth-order valence-corrected chi connectivity index (χ4v) is 2.37. The molecule has 0 atom stereocenters. The average Bonchev–Trinajstić information content (AvgIpc) is 2.28. The summed E-state index contributed by atoms with van der Waals surface area (Å²) in [5.41, 5.74) is 9.58. The highest BCUT2D eigenvalue weighted by Gasteiger charge is 2.04. The van der Waals surface area contributed by atoms with E-state index in [-0.39, 0.29) is 0 Å². The summed E-state index contributed by atoms with van der Waals surface area (Å²) >= 11 is 8.34. The maximum atomic E-state index is 6.08. The minimum absolute atomic E-state index is 0.764. The Bertz CT molecular complexity index is 555. The highest BCUT2D eigenvalue weighted by atomic mass is 127. The first-order valence-corrected chi connectivity index (χ1v) is 6.61. The number of anilines is 3. The number of hydrogen-bond acceptors (Lipinski definition) is 2. The number of rotatable bonds is 2. The molecule has 2 aromatic carbocycles. The third-order valence-electron chi connectivity index (χ3n) is 2.53. The minimum atomic E-state index is 0.764. The molecule has 0 radical (unpaired) electrons. The van der Waals surface area contributed by atoms with E-state index in [9.17, 15) is 0 Å². The summed E-state index contributed by atoms with van der Waals surface area (Å²) in [4.78, 5) is 0. The molecule has 2 nitrogen and oxygen atoms in total. The normalized spacial score (nSPS) is 10.3. The van der Waals surface area contributed by atoms with Crippen LogP contribution in [0.1, 0.15) is 5.56 Å². The van der Waals surface area contributed by atoms with Crippen molar-refractivity contribution < 1.29 is 0 Å². The fraction of sp³-hybridized carbons (Fsp3) is 0.0769. The average molecular weight is 359 g/mol. The molecule has 3 N–H and O–H groups in total. The lowest BCUT2D eigenvalue weighted by molar-refractivity contribution is 1.42. The number of halogens is 2. The monoisotopic (exact) mass is 358 g/mol. The number of nitrogens with two attached hydrogens (primary N) is 1. The molecule has 0 unspecified atom stereocenters. The van der Waals surface area contributed by atoms with Crippen molar-refractivity contribution >= 4 is 51.3 Å². The Morgan fingerprint density at radius 3 is 2.65 bits per heavy atom. The molecule has 2 rings (SSSR count). The van der Waals surface area contributed by atoms with E-state index in [1.165, 1.54) is 0 Å². The number of nitrogen functional groups attached to an aromatic ring is 1. The summed E-state index contributed by atoms with van der Waals surface area (Å²) in [6.07, 6.45) is 0.